The van der Waals surface area contributed by atoms with Crippen molar-refractivity contribution < 1.29 is 9.84 Å². The van der Waals surface area contributed by atoms with Crippen LogP contribution in [-0.4, -0.2) is 18.3 Å². The zero-order valence-corrected chi connectivity index (χ0v) is 11.7. The quantitative estimate of drug-likeness (QED) is 0.888. The van der Waals surface area contributed by atoms with Crippen molar-refractivity contribution in [1.29, 1.82) is 0 Å². The van der Waals surface area contributed by atoms with Gasteiger partial charge in [-0.3, -0.25) is 0 Å². The fourth-order valence-electron chi connectivity index (χ4n) is 2.52. The van der Waals surface area contributed by atoms with Crippen LogP contribution in [0.5, 0.6) is 0 Å². The maximum absolute atomic E-state index is 9.35. The minimum Gasteiger partial charge on any atom is -0.393 e. The number of thiophene rings is 1. The summed E-state index contributed by atoms with van der Waals surface area (Å²) in [5, 5.41) is 9.35. The molecule has 96 valence electrons. The van der Waals surface area contributed by atoms with E-state index >= 15 is 0 Å². The van der Waals surface area contributed by atoms with E-state index in [0.717, 1.165) is 19.3 Å². The van der Waals surface area contributed by atoms with Gasteiger partial charge in [-0.15, -0.1) is 11.3 Å². The van der Waals surface area contributed by atoms with Crippen LogP contribution in [0, 0.1) is 0 Å². The molecule has 1 aliphatic carbocycles. The highest BCUT2D eigenvalue weighted by Gasteiger charge is 2.27. The smallest absolute Gasteiger partial charge is 0.0832 e. The average Bonchev–Trinajstić information content (AvgIpc) is 2.72. The fraction of sp³-hybridized carbons (Fsp3) is 0.714. The molecule has 0 aromatic carbocycles. The Hall–Kier alpha value is -0.380. The lowest BCUT2D eigenvalue weighted by Gasteiger charge is -2.25. The zero-order chi connectivity index (χ0) is 12.4. The number of methoxy groups -OCH3 is 1. The normalized spacial score (nSPS) is 25.6. The Kier molecular flexibility index (Phi) is 4.23. The van der Waals surface area contributed by atoms with Gasteiger partial charge in [0, 0.05) is 16.9 Å². The van der Waals surface area contributed by atoms with Crippen molar-refractivity contribution in [2.45, 2.75) is 57.7 Å². The Bertz CT molecular complexity index is 370. The molecule has 1 aromatic rings. The number of rotatable bonds is 4. The first kappa shape index (κ1) is 13.1. The summed E-state index contributed by atoms with van der Waals surface area (Å²) in [5.74, 6) is 0.668. The highest BCUT2D eigenvalue weighted by atomic mass is 32.1. The predicted octanol–water partition coefficient (Wildman–Crippen LogP) is 3.65. The van der Waals surface area contributed by atoms with Crippen LogP contribution < -0.4 is 0 Å². The number of aliphatic hydroxyl groups excluding tert-OH is 1. The summed E-state index contributed by atoms with van der Waals surface area (Å²) in [5.41, 5.74) is 1.40. The summed E-state index contributed by atoms with van der Waals surface area (Å²) >= 11 is 1.91. The van der Waals surface area contributed by atoms with E-state index in [1.165, 1.54) is 21.7 Å². The van der Waals surface area contributed by atoms with Gasteiger partial charge in [0.15, 0.2) is 0 Å². The van der Waals surface area contributed by atoms with Gasteiger partial charge in [0.1, 0.15) is 0 Å². The molecule has 3 heteroatoms. The second-order valence-electron chi connectivity index (χ2n) is 5.12. The van der Waals surface area contributed by atoms with Crippen LogP contribution in [0.2, 0.25) is 0 Å². The molecule has 0 bridgehead atoms. The maximum Gasteiger partial charge on any atom is 0.0832 e. The van der Waals surface area contributed by atoms with Crippen LogP contribution in [0.3, 0.4) is 0 Å². The van der Waals surface area contributed by atoms with Crippen molar-refractivity contribution >= 4 is 11.3 Å². The third-order valence-corrected chi connectivity index (χ3v) is 5.03. The Labute approximate surface area is 108 Å². The van der Waals surface area contributed by atoms with E-state index in [4.69, 9.17) is 4.74 Å². The van der Waals surface area contributed by atoms with E-state index in [1.54, 1.807) is 7.11 Å². The standard InChI is InChI=1S/C14H22O2S/c1-9-4-7-13(16-3)12-8-11(17-14(9)12)6-5-10(2)15/h8-10,13,15H,4-7H2,1-3H3. The highest BCUT2D eigenvalue weighted by Crippen LogP contribution is 2.43. The molecule has 17 heavy (non-hydrogen) atoms. The zero-order valence-electron chi connectivity index (χ0n) is 10.9. The molecule has 0 aliphatic heterocycles. The third-order valence-electron chi connectivity index (χ3n) is 3.59. The number of hydrogen-bond donors (Lipinski definition) is 1. The minimum atomic E-state index is -0.204. The number of aliphatic hydroxyl groups is 1. The molecule has 1 heterocycles. The summed E-state index contributed by atoms with van der Waals surface area (Å²) in [7, 11) is 1.80. The fourth-order valence-corrected chi connectivity index (χ4v) is 3.83. The van der Waals surface area contributed by atoms with Crippen LogP contribution in [0.1, 0.15) is 60.4 Å². The molecule has 0 fully saturated rings. The lowest BCUT2D eigenvalue weighted by atomic mass is 9.88. The first-order chi connectivity index (χ1) is 8.11. The van der Waals surface area contributed by atoms with Crippen molar-refractivity contribution in [2.24, 2.45) is 0 Å². The van der Waals surface area contributed by atoms with Crippen molar-refractivity contribution in [3.8, 4) is 0 Å². The first-order valence-corrected chi connectivity index (χ1v) is 7.26. The molecule has 1 aliphatic rings. The Morgan fingerprint density at radius 1 is 1.53 bits per heavy atom. The molecule has 1 aromatic heterocycles. The third kappa shape index (κ3) is 2.90. The summed E-state index contributed by atoms with van der Waals surface area (Å²) in [6.45, 7) is 4.16. The van der Waals surface area contributed by atoms with Crippen molar-refractivity contribution in [1.82, 2.24) is 0 Å². The summed E-state index contributed by atoms with van der Waals surface area (Å²) < 4.78 is 5.56. The molecule has 0 amide bonds. The van der Waals surface area contributed by atoms with Gasteiger partial charge in [-0.2, -0.15) is 0 Å². The Morgan fingerprint density at radius 2 is 2.29 bits per heavy atom. The van der Waals surface area contributed by atoms with Gasteiger partial charge in [0.2, 0.25) is 0 Å². The molecular weight excluding hydrogens is 232 g/mol. The molecule has 3 unspecified atom stereocenters. The van der Waals surface area contributed by atoms with Gasteiger partial charge < -0.3 is 9.84 Å². The molecule has 0 saturated carbocycles. The second kappa shape index (κ2) is 5.51. The van der Waals surface area contributed by atoms with E-state index < -0.39 is 0 Å². The van der Waals surface area contributed by atoms with E-state index in [2.05, 4.69) is 13.0 Å². The molecule has 0 saturated heterocycles. The molecule has 3 atom stereocenters. The Balaban J connectivity index is 2.17. The van der Waals surface area contributed by atoms with Gasteiger partial charge in [-0.25, -0.2) is 0 Å². The molecule has 0 radical (unpaired) electrons. The second-order valence-corrected chi connectivity index (χ2v) is 6.29. The first-order valence-electron chi connectivity index (χ1n) is 6.45. The monoisotopic (exact) mass is 254 g/mol. The molecule has 0 spiro atoms. The summed E-state index contributed by atoms with van der Waals surface area (Å²) in [6, 6.07) is 2.30. The summed E-state index contributed by atoms with van der Waals surface area (Å²) in [4.78, 5) is 2.90. The largest absolute Gasteiger partial charge is 0.393 e. The number of hydrogen-bond acceptors (Lipinski definition) is 3. The highest BCUT2D eigenvalue weighted by molar-refractivity contribution is 7.12. The SMILES string of the molecule is COC1CCC(C)c2sc(CCC(C)O)cc21. The predicted molar refractivity (Wildman–Crippen MR) is 71.7 cm³/mol. The van der Waals surface area contributed by atoms with E-state index in [0.29, 0.717) is 5.92 Å². The Morgan fingerprint density at radius 3 is 2.94 bits per heavy atom. The van der Waals surface area contributed by atoms with Crippen LogP contribution in [0.15, 0.2) is 6.07 Å². The van der Waals surface area contributed by atoms with Gasteiger partial charge in [-0.05, 0) is 50.2 Å². The molecular formula is C14H22O2S. The lowest BCUT2D eigenvalue weighted by Crippen LogP contribution is -2.11. The topological polar surface area (TPSA) is 29.5 Å². The minimum absolute atomic E-state index is 0.204. The molecule has 2 nitrogen and oxygen atoms in total. The van der Waals surface area contributed by atoms with Gasteiger partial charge >= 0.3 is 0 Å². The van der Waals surface area contributed by atoms with Crippen LogP contribution in [-0.2, 0) is 11.2 Å². The van der Waals surface area contributed by atoms with Crippen LogP contribution in [0.4, 0.5) is 0 Å². The van der Waals surface area contributed by atoms with Crippen LogP contribution >= 0.6 is 11.3 Å². The van der Waals surface area contributed by atoms with Crippen molar-refractivity contribution in [3.63, 3.8) is 0 Å². The average molecular weight is 254 g/mol. The summed E-state index contributed by atoms with van der Waals surface area (Å²) in [6.07, 6.45) is 4.28. The number of ether oxygens (including phenoxy) is 1. The molecule has 1 N–H and O–H groups in total. The molecule has 2 rings (SSSR count). The maximum atomic E-state index is 9.35. The number of fused-ring (bicyclic) bond motifs is 1. The number of aryl methyl sites for hydroxylation is 1. The van der Waals surface area contributed by atoms with E-state index in [1.807, 2.05) is 18.3 Å². The van der Waals surface area contributed by atoms with Gasteiger partial charge in [0.05, 0.1) is 12.2 Å². The van der Waals surface area contributed by atoms with E-state index in [-0.39, 0.29) is 12.2 Å². The van der Waals surface area contributed by atoms with Crippen molar-refractivity contribution in [2.75, 3.05) is 7.11 Å². The van der Waals surface area contributed by atoms with E-state index in [9.17, 15) is 5.11 Å². The van der Waals surface area contributed by atoms with Crippen molar-refractivity contribution in [3.05, 3.63) is 21.4 Å². The van der Waals surface area contributed by atoms with Gasteiger partial charge in [-0.1, -0.05) is 6.92 Å². The lowest BCUT2D eigenvalue weighted by molar-refractivity contribution is 0.0859. The van der Waals surface area contributed by atoms with Gasteiger partial charge in [0.25, 0.3) is 0 Å². The van der Waals surface area contributed by atoms with Crippen LogP contribution in [0.25, 0.3) is 0 Å².